The highest BCUT2D eigenvalue weighted by molar-refractivity contribution is 5.18. The maximum absolute atomic E-state index is 10.6. The predicted octanol–water partition coefficient (Wildman–Crippen LogP) is 3.77. The molecule has 1 aromatic heterocycles. The summed E-state index contributed by atoms with van der Waals surface area (Å²) < 4.78 is 5.84. The van der Waals surface area contributed by atoms with Crippen LogP contribution in [0.1, 0.15) is 63.1 Å². The van der Waals surface area contributed by atoms with Crippen molar-refractivity contribution in [2.45, 2.75) is 52.2 Å². The molecule has 0 radical (unpaired) electrons. The topological polar surface area (TPSA) is 62.4 Å². The molecule has 5 heteroatoms. The number of likely N-dealkylation sites (tertiary alicyclic amines) is 1. The zero-order chi connectivity index (χ0) is 17.8. The van der Waals surface area contributed by atoms with Crippen molar-refractivity contribution in [3.63, 3.8) is 0 Å². The number of aromatic nitrogens is 2. The molecule has 1 fully saturated rings. The molecule has 3 rings (SSSR count). The molecule has 2 aromatic rings. The third-order valence-corrected chi connectivity index (χ3v) is 5.13. The summed E-state index contributed by atoms with van der Waals surface area (Å²) in [7, 11) is 0. The highest BCUT2D eigenvalue weighted by Gasteiger charge is 2.30. The molecule has 1 aromatic carbocycles. The standard InChI is InChI=1S/C20H29N3O2/c1-14(2)13-18-21-22-20(25-18)15(3)23-11-9-17(10-12-23)19(24)16-7-5-4-6-8-16/h4-8,14-15,17,19,24H,9-13H2,1-3H3/t15-,19-/m1/s1. The van der Waals surface area contributed by atoms with E-state index in [2.05, 4.69) is 35.9 Å². The Morgan fingerprint density at radius 3 is 2.44 bits per heavy atom. The summed E-state index contributed by atoms with van der Waals surface area (Å²) in [6.07, 6.45) is 2.41. The van der Waals surface area contributed by atoms with E-state index in [9.17, 15) is 5.11 Å². The molecule has 5 nitrogen and oxygen atoms in total. The highest BCUT2D eigenvalue weighted by Crippen LogP contribution is 2.33. The third kappa shape index (κ3) is 4.47. The summed E-state index contributed by atoms with van der Waals surface area (Å²) in [6, 6.07) is 10.1. The first kappa shape index (κ1) is 18.1. The molecular formula is C20H29N3O2. The van der Waals surface area contributed by atoms with E-state index in [1.54, 1.807) is 0 Å². The van der Waals surface area contributed by atoms with Crippen molar-refractivity contribution in [3.05, 3.63) is 47.7 Å². The molecule has 1 aliphatic heterocycles. The second-order valence-corrected chi connectivity index (χ2v) is 7.54. The van der Waals surface area contributed by atoms with Crippen molar-refractivity contribution in [1.29, 1.82) is 0 Å². The van der Waals surface area contributed by atoms with Gasteiger partial charge in [0, 0.05) is 6.42 Å². The van der Waals surface area contributed by atoms with Gasteiger partial charge >= 0.3 is 0 Å². The van der Waals surface area contributed by atoms with E-state index in [0.29, 0.717) is 17.7 Å². The van der Waals surface area contributed by atoms with Crippen molar-refractivity contribution >= 4 is 0 Å². The molecular weight excluding hydrogens is 314 g/mol. The zero-order valence-corrected chi connectivity index (χ0v) is 15.4. The Balaban J connectivity index is 1.55. The monoisotopic (exact) mass is 343 g/mol. The average molecular weight is 343 g/mol. The molecule has 0 aliphatic carbocycles. The van der Waals surface area contributed by atoms with Gasteiger partial charge < -0.3 is 9.52 Å². The van der Waals surface area contributed by atoms with E-state index >= 15 is 0 Å². The minimum Gasteiger partial charge on any atom is -0.424 e. The number of hydrogen-bond donors (Lipinski definition) is 1. The summed E-state index contributed by atoms with van der Waals surface area (Å²) in [6.45, 7) is 8.31. The van der Waals surface area contributed by atoms with Gasteiger partial charge in [-0.2, -0.15) is 0 Å². The number of nitrogens with zero attached hydrogens (tertiary/aromatic N) is 3. The number of aliphatic hydroxyl groups is 1. The third-order valence-electron chi connectivity index (χ3n) is 5.13. The Hall–Kier alpha value is -1.72. The Kier molecular flexibility index (Phi) is 5.86. The fourth-order valence-corrected chi connectivity index (χ4v) is 3.57. The van der Waals surface area contributed by atoms with Crippen LogP contribution in [0.3, 0.4) is 0 Å². The van der Waals surface area contributed by atoms with Gasteiger partial charge in [0.05, 0.1) is 12.1 Å². The van der Waals surface area contributed by atoms with Crippen molar-refractivity contribution in [2.24, 2.45) is 11.8 Å². The Bertz CT molecular complexity index is 648. The quantitative estimate of drug-likeness (QED) is 0.865. The van der Waals surface area contributed by atoms with Crippen molar-refractivity contribution in [3.8, 4) is 0 Å². The second kappa shape index (κ2) is 8.11. The van der Waals surface area contributed by atoms with E-state index in [4.69, 9.17) is 4.42 Å². The maximum atomic E-state index is 10.6. The smallest absolute Gasteiger partial charge is 0.233 e. The first-order valence-corrected chi connectivity index (χ1v) is 9.34. The van der Waals surface area contributed by atoms with Gasteiger partial charge in [0.2, 0.25) is 11.8 Å². The van der Waals surface area contributed by atoms with Crippen LogP contribution >= 0.6 is 0 Å². The highest BCUT2D eigenvalue weighted by atomic mass is 16.4. The van der Waals surface area contributed by atoms with Crippen LogP contribution in [0.5, 0.6) is 0 Å². The van der Waals surface area contributed by atoms with Crippen LogP contribution in [0.2, 0.25) is 0 Å². The van der Waals surface area contributed by atoms with Gasteiger partial charge in [-0.25, -0.2) is 0 Å². The minimum atomic E-state index is -0.375. The van der Waals surface area contributed by atoms with E-state index in [0.717, 1.165) is 43.8 Å². The lowest BCUT2D eigenvalue weighted by Gasteiger charge is -2.36. The lowest BCUT2D eigenvalue weighted by atomic mass is 9.87. The fourth-order valence-electron chi connectivity index (χ4n) is 3.57. The number of rotatable bonds is 6. The number of benzene rings is 1. The first-order chi connectivity index (χ1) is 12.0. The van der Waals surface area contributed by atoms with E-state index in [-0.39, 0.29) is 12.1 Å². The molecule has 2 heterocycles. The molecule has 1 aliphatic rings. The molecule has 25 heavy (non-hydrogen) atoms. The SMILES string of the molecule is CC(C)Cc1nnc([C@@H](C)N2CCC([C@H](O)c3ccccc3)CC2)o1. The summed E-state index contributed by atoms with van der Waals surface area (Å²) >= 11 is 0. The van der Waals surface area contributed by atoms with Crippen LogP contribution in [0.15, 0.2) is 34.7 Å². The summed E-state index contributed by atoms with van der Waals surface area (Å²) in [5.41, 5.74) is 1.02. The summed E-state index contributed by atoms with van der Waals surface area (Å²) in [5.74, 6) is 2.26. The van der Waals surface area contributed by atoms with Crippen molar-refractivity contribution in [1.82, 2.24) is 15.1 Å². The molecule has 0 spiro atoms. The molecule has 0 saturated carbocycles. The van der Waals surface area contributed by atoms with Crippen molar-refractivity contribution < 1.29 is 9.52 Å². The fraction of sp³-hybridized carbons (Fsp3) is 0.600. The molecule has 0 unspecified atom stereocenters. The zero-order valence-electron chi connectivity index (χ0n) is 15.4. The Labute approximate surface area is 150 Å². The van der Waals surface area contributed by atoms with E-state index < -0.39 is 0 Å². The van der Waals surface area contributed by atoms with E-state index in [1.807, 2.05) is 30.3 Å². The molecule has 1 saturated heterocycles. The largest absolute Gasteiger partial charge is 0.424 e. The van der Waals surface area contributed by atoms with Crippen LogP contribution in [0.25, 0.3) is 0 Å². The lowest BCUT2D eigenvalue weighted by molar-refractivity contribution is 0.0429. The molecule has 0 amide bonds. The molecule has 1 N–H and O–H groups in total. The van der Waals surface area contributed by atoms with Gasteiger partial charge in [0.1, 0.15) is 0 Å². The Morgan fingerprint density at radius 2 is 1.80 bits per heavy atom. The number of aliphatic hydroxyl groups excluding tert-OH is 1. The molecule has 0 bridgehead atoms. The summed E-state index contributed by atoms with van der Waals surface area (Å²) in [4.78, 5) is 2.38. The minimum absolute atomic E-state index is 0.128. The van der Waals surface area contributed by atoms with Crippen LogP contribution < -0.4 is 0 Å². The van der Waals surface area contributed by atoms with Gasteiger partial charge in [0.25, 0.3) is 0 Å². The van der Waals surface area contributed by atoms with Gasteiger partial charge in [0.15, 0.2) is 0 Å². The van der Waals surface area contributed by atoms with Gasteiger partial charge in [-0.1, -0.05) is 44.2 Å². The van der Waals surface area contributed by atoms with Crippen LogP contribution in [-0.2, 0) is 6.42 Å². The number of piperidine rings is 1. The molecule has 2 atom stereocenters. The van der Waals surface area contributed by atoms with Crippen LogP contribution in [0, 0.1) is 11.8 Å². The van der Waals surface area contributed by atoms with Crippen LogP contribution in [-0.4, -0.2) is 33.3 Å². The van der Waals surface area contributed by atoms with Gasteiger partial charge in [-0.05, 0) is 50.3 Å². The van der Waals surface area contributed by atoms with E-state index in [1.165, 1.54) is 0 Å². The maximum Gasteiger partial charge on any atom is 0.233 e. The second-order valence-electron chi connectivity index (χ2n) is 7.54. The van der Waals surface area contributed by atoms with Crippen LogP contribution in [0.4, 0.5) is 0 Å². The van der Waals surface area contributed by atoms with Crippen molar-refractivity contribution in [2.75, 3.05) is 13.1 Å². The first-order valence-electron chi connectivity index (χ1n) is 9.34. The normalized spacial score (nSPS) is 19.2. The van der Waals surface area contributed by atoms with Gasteiger partial charge in [-0.15, -0.1) is 10.2 Å². The van der Waals surface area contributed by atoms with Gasteiger partial charge in [-0.3, -0.25) is 4.90 Å². The lowest BCUT2D eigenvalue weighted by Crippen LogP contribution is -2.37. The summed E-state index contributed by atoms with van der Waals surface area (Å²) in [5, 5.41) is 19.0. The predicted molar refractivity (Wildman–Crippen MR) is 97.0 cm³/mol. The Morgan fingerprint density at radius 1 is 1.12 bits per heavy atom. The molecule has 136 valence electrons. The number of hydrogen-bond acceptors (Lipinski definition) is 5. The average Bonchev–Trinajstić information content (AvgIpc) is 3.09.